The molecule has 34 heavy (non-hydrogen) atoms. The molecule has 3 aromatic rings. The normalized spacial score (nSPS) is 11.4. The summed E-state index contributed by atoms with van der Waals surface area (Å²) in [5.74, 6) is -1.56. The molecule has 8 nitrogen and oxygen atoms in total. The van der Waals surface area contributed by atoms with Crippen molar-refractivity contribution in [2.75, 3.05) is 5.32 Å². The molecule has 0 unspecified atom stereocenters. The maximum atomic E-state index is 13.1. The average Bonchev–Trinajstić information content (AvgIpc) is 2.83. The number of nitro groups is 1. The van der Waals surface area contributed by atoms with E-state index in [-0.39, 0.29) is 24.4 Å². The van der Waals surface area contributed by atoms with Gasteiger partial charge in [-0.15, -0.1) is 0 Å². The lowest BCUT2D eigenvalue weighted by Crippen LogP contribution is -2.21. The SMILES string of the molecule is Cc1ccc(NC(=O)CCC(=O)O[C@@H](C(=O)c2ccccc2)c2ccc([N+](=O)[O-])cc2)c(C)c1. The molecular formula is C26H24N2O6. The van der Waals surface area contributed by atoms with Crippen LogP contribution in [-0.4, -0.2) is 22.6 Å². The molecule has 3 aromatic carbocycles. The number of amides is 1. The van der Waals surface area contributed by atoms with Gasteiger partial charge in [0.05, 0.1) is 11.3 Å². The quantitative estimate of drug-likeness (QED) is 0.206. The Bertz CT molecular complexity index is 1210. The summed E-state index contributed by atoms with van der Waals surface area (Å²) in [7, 11) is 0. The summed E-state index contributed by atoms with van der Waals surface area (Å²) >= 11 is 0. The van der Waals surface area contributed by atoms with Crippen molar-refractivity contribution in [3.05, 3.63) is 105 Å². The number of ether oxygens (including phenoxy) is 1. The van der Waals surface area contributed by atoms with E-state index in [1.165, 1.54) is 24.3 Å². The number of nitrogens with zero attached hydrogens (tertiary/aromatic N) is 1. The summed E-state index contributed by atoms with van der Waals surface area (Å²) in [5, 5.41) is 13.7. The fourth-order valence-corrected chi connectivity index (χ4v) is 3.37. The molecule has 0 spiro atoms. The number of rotatable bonds is 9. The Hall–Kier alpha value is -4.33. The van der Waals surface area contributed by atoms with Crippen molar-refractivity contribution >= 4 is 29.0 Å². The molecule has 0 fully saturated rings. The Morgan fingerprint density at radius 3 is 2.24 bits per heavy atom. The third-order valence-corrected chi connectivity index (χ3v) is 5.16. The van der Waals surface area contributed by atoms with E-state index in [0.29, 0.717) is 16.8 Å². The number of nitrogens with one attached hydrogen (secondary N) is 1. The van der Waals surface area contributed by atoms with Crippen LogP contribution in [0.3, 0.4) is 0 Å². The third-order valence-electron chi connectivity index (χ3n) is 5.16. The zero-order valence-corrected chi connectivity index (χ0v) is 18.8. The van der Waals surface area contributed by atoms with Crippen LogP contribution in [0.5, 0.6) is 0 Å². The molecule has 0 saturated carbocycles. The van der Waals surface area contributed by atoms with Gasteiger partial charge < -0.3 is 10.1 Å². The molecule has 0 heterocycles. The van der Waals surface area contributed by atoms with Crippen LogP contribution >= 0.6 is 0 Å². The Kier molecular flexibility index (Phi) is 7.87. The van der Waals surface area contributed by atoms with E-state index < -0.39 is 22.8 Å². The standard InChI is InChI=1S/C26H24N2O6/c1-17-8-13-22(18(2)16-17)27-23(29)14-15-24(30)34-26(25(31)19-6-4-3-5-7-19)20-9-11-21(12-10-20)28(32)33/h3-13,16,26H,14-15H2,1-2H3,(H,27,29)/t26-/m1/s1. The first-order valence-electron chi connectivity index (χ1n) is 10.6. The van der Waals surface area contributed by atoms with Crippen LogP contribution in [0, 0.1) is 24.0 Å². The van der Waals surface area contributed by atoms with E-state index >= 15 is 0 Å². The zero-order valence-electron chi connectivity index (χ0n) is 18.8. The summed E-state index contributed by atoms with van der Waals surface area (Å²) in [4.78, 5) is 48.3. The second-order valence-corrected chi connectivity index (χ2v) is 7.82. The van der Waals surface area contributed by atoms with Crippen LogP contribution < -0.4 is 5.32 Å². The number of nitro benzene ring substituents is 1. The Morgan fingerprint density at radius 2 is 1.62 bits per heavy atom. The molecule has 174 valence electrons. The predicted octanol–water partition coefficient (Wildman–Crippen LogP) is 5.10. The highest BCUT2D eigenvalue weighted by Gasteiger charge is 2.27. The summed E-state index contributed by atoms with van der Waals surface area (Å²) in [6.07, 6.45) is -1.65. The number of benzene rings is 3. The van der Waals surface area contributed by atoms with Crippen molar-refractivity contribution in [1.82, 2.24) is 0 Å². The Morgan fingerprint density at radius 1 is 0.941 bits per heavy atom. The fourth-order valence-electron chi connectivity index (χ4n) is 3.37. The van der Waals surface area contributed by atoms with Crippen molar-refractivity contribution in [1.29, 1.82) is 0 Å². The number of Topliss-reactive ketones (excluding diaryl/α,β-unsaturated/α-hetero) is 1. The smallest absolute Gasteiger partial charge is 0.307 e. The maximum Gasteiger partial charge on any atom is 0.307 e. The van der Waals surface area contributed by atoms with E-state index in [9.17, 15) is 24.5 Å². The minimum atomic E-state index is -1.29. The third kappa shape index (κ3) is 6.35. The summed E-state index contributed by atoms with van der Waals surface area (Å²) in [6.45, 7) is 3.83. The number of anilines is 1. The van der Waals surface area contributed by atoms with Gasteiger partial charge in [0.25, 0.3) is 5.69 Å². The largest absolute Gasteiger partial charge is 0.449 e. The van der Waals surface area contributed by atoms with Crippen molar-refractivity contribution in [3.63, 3.8) is 0 Å². The Balaban J connectivity index is 1.69. The van der Waals surface area contributed by atoms with Gasteiger partial charge in [-0.1, -0.05) is 48.0 Å². The highest BCUT2D eigenvalue weighted by molar-refractivity contribution is 6.01. The number of hydrogen-bond donors (Lipinski definition) is 1. The van der Waals surface area contributed by atoms with Crippen LogP contribution in [0.25, 0.3) is 0 Å². The van der Waals surface area contributed by atoms with E-state index in [2.05, 4.69) is 5.32 Å². The lowest BCUT2D eigenvalue weighted by molar-refractivity contribution is -0.384. The van der Waals surface area contributed by atoms with Crippen LogP contribution in [-0.2, 0) is 14.3 Å². The highest BCUT2D eigenvalue weighted by atomic mass is 16.6. The van der Waals surface area contributed by atoms with Gasteiger partial charge >= 0.3 is 5.97 Å². The van der Waals surface area contributed by atoms with E-state index in [0.717, 1.165) is 11.1 Å². The van der Waals surface area contributed by atoms with Crippen LogP contribution in [0.15, 0.2) is 72.8 Å². The van der Waals surface area contributed by atoms with Crippen molar-refractivity contribution in [2.24, 2.45) is 0 Å². The number of ketones is 1. The second-order valence-electron chi connectivity index (χ2n) is 7.82. The van der Waals surface area contributed by atoms with Crippen molar-refractivity contribution in [3.8, 4) is 0 Å². The summed E-state index contributed by atoms with van der Waals surface area (Å²) in [6, 6.07) is 19.1. The lowest BCUT2D eigenvalue weighted by atomic mass is 9.99. The molecule has 8 heteroatoms. The van der Waals surface area contributed by atoms with Gasteiger partial charge in [-0.2, -0.15) is 0 Å². The first-order valence-corrected chi connectivity index (χ1v) is 10.6. The molecule has 1 N–H and O–H groups in total. The van der Waals surface area contributed by atoms with Gasteiger partial charge in [0.2, 0.25) is 11.7 Å². The Labute approximate surface area is 196 Å². The first kappa shape index (κ1) is 24.3. The number of hydrogen-bond acceptors (Lipinski definition) is 6. The zero-order chi connectivity index (χ0) is 24.7. The molecule has 0 aliphatic heterocycles. The van der Waals surface area contributed by atoms with Crippen LogP contribution in [0.2, 0.25) is 0 Å². The molecule has 3 rings (SSSR count). The molecule has 0 aliphatic rings. The van der Waals surface area contributed by atoms with Crippen LogP contribution in [0.4, 0.5) is 11.4 Å². The molecule has 0 saturated heterocycles. The molecule has 0 radical (unpaired) electrons. The molecule has 1 atom stereocenters. The van der Waals surface area contributed by atoms with Gasteiger partial charge in [-0.25, -0.2) is 0 Å². The monoisotopic (exact) mass is 460 g/mol. The average molecular weight is 460 g/mol. The molecular weight excluding hydrogens is 436 g/mol. The van der Waals surface area contributed by atoms with E-state index in [4.69, 9.17) is 4.74 Å². The lowest BCUT2D eigenvalue weighted by Gasteiger charge is -2.17. The number of non-ortho nitro benzene ring substituents is 1. The molecule has 0 aromatic heterocycles. The van der Waals surface area contributed by atoms with Crippen molar-refractivity contribution in [2.45, 2.75) is 32.8 Å². The van der Waals surface area contributed by atoms with E-state index in [1.54, 1.807) is 36.4 Å². The van der Waals surface area contributed by atoms with Gasteiger partial charge in [0.15, 0.2) is 6.10 Å². The van der Waals surface area contributed by atoms with E-state index in [1.807, 2.05) is 26.0 Å². The van der Waals surface area contributed by atoms with Gasteiger partial charge in [-0.05, 0) is 37.6 Å². The van der Waals surface area contributed by atoms with Gasteiger partial charge in [0.1, 0.15) is 0 Å². The fraction of sp³-hybridized carbons (Fsp3) is 0.192. The molecule has 0 aliphatic carbocycles. The van der Waals surface area contributed by atoms with Gasteiger partial charge in [-0.3, -0.25) is 24.5 Å². The molecule has 0 bridgehead atoms. The van der Waals surface area contributed by atoms with Crippen LogP contribution in [0.1, 0.15) is 46.0 Å². The molecule has 1 amide bonds. The second kappa shape index (κ2) is 11.0. The topological polar surface area (TPSA) is 116 Å². The number of carbonyl (C=O) groups excluding carboxylic acids is 3. The summed E-state index contributed by atoms with van der Waals surface area (Å²) < 4.78 is 5.45. The summed E-state index contributed by atoms with van der Waals surface area (Å²) in [5.41, 5.74) is 3.11. The number of carbonyl (C=O) groups is 3. The predicted molar refractivity (Wildman–Crippen MR) is 126 cm³/mol. The maximum absolute atomic E-state index is 13.1. The van der Waals surface area contributed by atoms with Gasteiger partial charge in [0, 0.05) is 35.4 Å². The number of esters is 1. The minimum Gasteiger partial charge on any atom is -0.449 e. The first-order chi connectivity index (χ1) is 16.2. The minimum absolute atomic E-state index is 0.126. The van der Waals surface area contributed by atoms with Crippen molar-refractivity contribution < 1.29 is 24.0 Å². The number of aryl methyl sites for hydroxylation is 2. The highest BCUT2D eigenvalue weighted by Crippen LogP contribution is 2.26.